The molecule has 0 bridgehead atoms. The van der Waals surface area contributed by atoms with E-state index in [1.807, 2.05) is 0 Å². The highest BCUT2D eigenvalue weighted by Gasteiger charge is 2.34. The van der Waals surface area contributed by atoms with E-state index in [2.05, 4.69) is 15.0 Å². The average Bonchev–Trinajstić information content (AvgIpc) is 2.70. The minimum atomic E-state index is -4.81. The Labute approximate surface area is 169 Å². The van der Waals surface area contributed by atoms with Crippen LogP contribution in [0.25, 0.3) is 0 Å². The maximum Gasteiger partial charge on any atom is 0.573 e. The summed E-state index contributed by atoms with van der Waals surface area (Å²) in [5.41, 5.74) is 0.390. The van der Waals surface area contributed by atoms with Crippen LogP contribution in [0.3, 0.4) is 0 Å². The van der Waals surface area contributed by atoms with Crippen molar-refractivity contribution in [1.82, 2.24) is 4.98 Å². The largest absolute Gasteiger partial charge is 0.573 e. The third-order valence-electron chi connectivity index (χ3n) is 4.08. The molecule has 0 aliphatic carbocycles. The van der Waals surface area contributed by atoms with Gasteiger partial charge in [-0.15, -0.1) is 13.2 Å². The Balaban J connectivity index is 1.79. The lowest BCUT2D eigenvalue weighted by atomic mass is 10.2. The van der Waals surface area contributed by atoms with Gasteiger partial charge in [0.15, 0.2) is 11.9 Å². The van der Waals surface area contributed by atoms with E-state index in [1.165, 1.54) is 30.3 Å². The van der Waals surface area contributed by atoms with Crippen LogP contribution in [-0.4, -0.2) is 49.5 Å². The molecule has 1 aliphatic heterocycles. The Morgan fingerprint density at radius 2 is 1.93 bits per heavy atom. The predicted molar refractivity (Wildman–Crippen MR) is 99.3 cm³/mol. The summed E-state index contributed by atoms with van der Waals surface area (Å²) < 4.78 is 51.4. The smallest absolute Gasteiger partial charge is 0.480 e. The van der Waals surface area contributed by atoms with Crippen molar-refractivity contribution < 1.29 is 37.0 Å². The lowest BCUT2D eigenvalue weighted by Gasteiger charge is -2.30. The van der Waals surface area contributed by atoms with Gasteiger partial charge in [-0.25, -0.2) is 4.98 Å². The minimum absolute atomic E-state index is 0.149. The molecule has 8 nitrogen and oxygen atoms in total. The van der Waals surface area contributed by atoms with Gasteiger partial charge in [0.05, 0.1) is 12.3 Å². The highest BCUT2D eigenvalue weighted by Crippen LogP contribution is 2.29. The van der Waals surface area contributed by atoms with Gasteiger partial charge in [-0.1, -0.05) is 0 Å². The molecule has 2 heterocycles. The quantitative estimate of drug-likeness (QED) is 0.734. The van der Waals surface area contributed by atoms with Crippen molar-refractivity contribution in [1.29, 1.82) is 0 Å². The lowest BCUT2D eigenvalue weighted by molar-refractivity contribution is -0.274. The van der Waals surface area contributed by atoms with Crippen LogP contribution in [0.4, 0.5) is 24.7 Å². The molecule has 1 aliphatic rings. The topological polar surface area (TPSA) is 90.0 Å². The normalized spacial score (nSPS) is 14.5. The molecule has 1 atom stereocenters. The number of nitrogens with one attached hydrogen (secondary N) is 1. The number of alkyl halides is 3. The Morgan fingerprint density at radius 1 is 1.23 bits per heavy atom. The first-order valence-electron chi connectivity index (χ1n) is 8.84. The van der Waals surface area contributed by atoms with Crippen molar-refractivity contribution in [3.63, 3.8) is 0 Å². The minimum Gasteiger partial charge on any atom is -0.480 e. The molecule has 1 aromatic heterocycles. The van der Waals surface area contributed by atoms with E-state index in [-0.39, 0.29) is 37.0 Å². The summed E-state index contributed by atoms with van der Waals surface area (Å²) in [5.74, 6) is -0.898. The zero-order valence-corrected chi connectivity index (χ0v) is 15.8. The number of amides is 2. The number of carbonyl (C=O) groups is 2. The van der Waals surface area contributed by atoms with E-state index in [4.69, 9.17) is 9.47 Å². The Hall–Kier alpha value is -3.34. The molecular weight excluding hydrogens is 407 g/mol. The highest BCUT2D eigenvalue weighted by molar-refractivity contribution is 6.10. The first-order valence-corrected chi connectivity index (χ1v) is 8.84. The van der Waals surface area contributed by atoms with Crippen molar-refractivity contribution in [3.05, 3.63) is 42.6 Å². The zero-order valence-electron chi connectivity index (χ0n) is 15.8. The summed E-state index contributed by atoms with van der Waals surface area (Å²) in [5, 5.41) is 2.63. The molecule has 30 heavy (non-hydrogen) atoms. The van der Waals surface area contributed by atoms with Gasteiger partial charge in [0, 0.05) is 19.7 Å². The number of hydrogen-bond acceptors (Lipinski definition) is 6. The number of fused-ring (bicyclic) bond motifs is 1. The Morgan fingerprint density at radius 3 is 2.60 bits per heavy atom. The van der Waals surface area contributed by atoms with Crippen molar-refractivity contribution in [2.24, 2.45) is 0 Å². The van der Waals surface area contributed by atoms with Crippen molar-refractivity contribution in [2.45, 2.75) is 18.9 Å². The van der Waals surface area contributed by atoms with Gasteiger partial charge in [-0.3, -0.25) is 14.5 Å². The van der Waals surface area contributed by atoms with E-state index in [0.29, 0.717) is 5.69 Å². The van der Waals surface area contributed by atoms with Crippen LogP contribution < -0.4 is 19.7 Å². The Kier molecular flexibility index (Phi) is 6.40. The molecule has 160 valence electrons. The third-order valence-corrected chi connectivity index (χ3v) is 4.08. The average molecular weight is 425 g/mol. The van der Waals surface area contributed by atoms with Gasteiger partial charge in [-0.2, -0.15) is 0 Å². The lowest BCUT2D eigenvalue weighted by Crippen LogP contribution is -2.49. The fourth-order valence-corrected chi connectivity index (χ4v) is 2.82. The van der Waals surface area contributed by atoms with Crippen LogP contribution in [0.5, 0.6) is 11.5 Å². The summed E-state index contributed by atoms with van der Waals surface area (Å²) in [6.45, 7) is -0.0607. The standard InChI is InChI=1S/C19H18F3N3O5/c1-28-10-8-15(29-12-4-6-13(7-5-12)30-19(20,21)22)18(27)25-11-16(26)24-14-3-2-9-23-17(14)25/h2-7,9,15H,8,10-11H2,1H3,(H,24,26). The summed E-state index contributed by atoms with van der Waals surface area (Å²) in [7, 11) is 1.45. The number of methoxy groups -OCH3 is 1. The number of carbonyl (C=O) groups excluding carboxylic acids is 2. The number of hydrogen-bond donors (Lipinski definition) is 1. The van der Waals surface area contributed by atoms with Crippen LogP contribution in [0.15, 0.2) is 42.6 Å². The van der Waals surface area contributed by atoms with E-state index in [1.54, 1.807) is 12.1 Å². The fourth-order valence-electron chi connectivity index (χ4n) is 2.82. The maximum absolute atomic E-state index is 13.1. The van der Waals surface area contributed by atoms with Gasteiger partial charge in [0.2, 0.25) is 5.91 Å². The molecule has 0 radical (unpaired) electrons. The monoisotopic (exact) mass is 425 g/mol. The van der Waals surface area contributed by atoms with E-state index < -0.39 is 24.1 Å². The molecule has 2 aromatic rings. The first-order chi connectivity index (χ1) is 14.3. The molecule has 1 N–H and O–H groups in total. The molecule has 0 spiro atoms. The van der Waals surface area contributed by atoms with Crippen molar-refractivity contribution >= 4 is 23.3 Å². The second-order valence-electron chi connectivity index (χ2n) is 6.25. The van der Waals surface area contributed by atoms with Gasteiger partial charge >= 0.3 is 6.36 Å². The number of benzene rings is 1. The summed E-state index contributed by atoms with van der Waals surface area (Å²) in [6, 6.07) is 7.89. The highest BCUT2D eigenvalue weighted by atomic mass is 19.4. The van der Waals surface area contributed by atoms with Crippen LogP contribution >= 0.6 is 0 Å². The van der Waals surface area contributed by atoms with Crippen molar-refractivity contribution in [2.75, 3.05) is 30.5 Å². The third kappa shape index (κ3) is 5.38. The fraction of sp³-hybridized carbons (Fsp3) is 0.316. The van der Waals surface area contributed by atoms with E-state index >= 15 is 0 Å². The molecular formula is C19H18F3N3O5. The van der Waals surface area contributed by atoms with Gasteiger partial charge in [0.25, 0.3) is 5.91 Å². The summed E-state index contributed by atoms with van der Waals surface area (Å²) >= 11 is 0. The molecule has 0 fully saturated rings. The zero-order chi connectivity index (χ0) is 21.7. The SMILES string of the molecule is COCCC(Oc1ccc(OC(F)(F)F)cc1)C(=O)N1CC(=O)Nc2cccnc21. The van der Waals surface area contributed by atoms with Crippen LogP contribution in [0.2, 0.25) is 0 Å². The molecule has 11 heteroatoms. The molecule has 2 amide bonds. The molecule has 0 saturated heterocycles. The number of rotatable bonds is 7. The van der Waals surface area contributed by atoms with Gasteiger partial charge < -0.3 is 19.5 Å². The van der Waals surface area contributed by atoms with Crippen molar-refractivity contribution in [3.8, 4) is 11.5 Å². The molecule has 3 rings (SSSR count). The van der Waals surface area contributed by atoms with E-state index in [0.717, 1.165) is 12.1 Å². The summed E-state index contributed by atoms with van der Waals surface area (Å²) in [4.78, 5) is 30.5. The van der Waals surface area contributed by atoms with Gasteiger partial charge in [0.1, 0.15) is 18.0 Å². The molecule has 1 aromatic carbocycles. The number of pyridine rings is 1. The maximum atomic E-state index is 13.1. The molecule has 0 saturated carbocycles. The summed E-state index contributed by atoms with van der Waals surface area (Å²) in [6.07, 6.45) is -4.23. The van der Waals surface area contributed by atoms with Crippen LogP contribution in [0, 0.1) is 0 Å². The Bertz CT molecular complexity index is 905. The number of anilines is 2. The second-order valence-corrected chi connectivity index (χ2v) is 6.25. The van der Waals surface area contributed by atoms with Gasteiger partial charge in [-0.05, 0) is 36.4 Å². The predicted octanol–water partition coefficient (Wildman–Crippen LogP) is 2.75. The molecule has 1 unspecified atom stereocenters. The number of nitrogens with zero attached hydrogens (tertiary/aromatic N) is 2. The van der Waals surface area contributed by atoms with Crippen LogP contribution in [-0.2, 0) is 14.3 Å². The van der Waals surface area contributed by atoms with E-state index in [9.17, 15) is 22.8 Å². The first kappa shape index (κ1) is 21.4. The second kappa shape index (κ2) is 8.99. The number of aromatic nitrogens is 1. The number of halogens is 3. The number of ether oxygens (including phenoxy) is 3. The van der Waals surface area contributed by atoms with Crippen LogP contribution in [0.1, 0.15) is 6.42 Å².